The highest BCUT2D eigenvalue weighted by atomic mass is 16.7. The maximum Gasteiger partial charge on any atom is 0.310 e. The van der Waals surface area contributed by atoms with Crippen LogP contribution in [0, 0.1) is 0 Å². The summed E-state index contributed by atoms with van der Waals surface area (Å²) in [4.78, 5) is 0. The second-order valence-electron chi connectivity index (χ2n) is 6.54. The Bertz CT molecular complexity index is 885. The summed E-state index contributed by atoms with van der Waals surface area (Å²) in [5, 5.41) is 6.79. The summed E-state index contributed by atoms with van der Waals surface area (Å²) in [6, 6.07) is 24.9. The van der Waals surface area contributed by atoms with Crippen molar-refractivity contribution in [3.05, 3.63) is 78.9 Å². The molecular weight excluding hydrogens is 380 g/mol. The van der Waals surface area contributed by atoms with Gasteiger partial charge in [-0.2, -0.15) is 0 Å². The summed E-state index contributed by atoms with van der Waals surface area (Å²) in [7, 11) is 3.29. The predicted octanol–water partition coefficient (Wildman–Crippen LogP) is 5.00. The minimum absolute atomic E-state index is 0.355. The van der Waals surface area contributed by atoms with Crippen LogP contribution < -0.4 is 24.8 Å². The van der Waals surface area contributed by atoms with Gasteiger partial charge in [0.05, 0.1) is 20.8 Å². The van der Waals surface area contributed by atoms with Crippen LogP contribution in [-0.4, -0.2) is 33.3 Å². The Balaban J connectivity index is 1.84. The lowest BCUT2D eigenvalue weighted by Gasteiger charge is -2.35. The number of nitrogens with one attached hydrogen (secondary N) is 2. The monoisotopic (exact) mass is 408 g/mol. The van der Waals surface area contributed by atoms with Crippen molar-refractivity contribution < 1.29 is 18.9 Å². The van der Waals surface area contributed by atoms with Crippen molar-refractivity contribution in [3.63, 3.8) is 0 Å². The van der Waals surface area contributed by atoms with Gasteiger partial charge in [0.2, 0.25) is 0 Å². The van der Waals surface area contributed by atoms with Crippen molar-refractivity contribution in [2.24, 2.45) is 0 Å². The summed E-state index contributed by atoms with van der Waals surface area (Å²) in [5.74, 6) is 1.14. The summed E-state index contributed by atoms with van der Waals surface area (Å²) >= 11 is 0. The maximum atomic E-state index is 6.32. The summed E-state index contributed by atoms with van der Waals surface area (Å²) in [6.07, 6.45) is 0. The molecule has 0 saturated carbocycles. The first-order chi connectivity index (χ1) is 14.7. The minimum atomic E-state index is -1.13. The van der Waals surface area contributed by atoms with Crippen molar-refractivity contribution in [3.8, 4) is 17.2 Å². The van der Waals surface area contributed by atoms with Crippen molar-refractivity contribution in [1.29, 1.82) is 0 Å². The highest BCUT2D eigenvalue weighted by Crippen LogP contribution is 2.25. The average molecular weight is 408 g/mol. The third-order valence-corrected chi connectivity index (χ3v) is 4.44. The average Bonchev–Trinajstić information content (AvgIpc) is 2.79. The van der Waals surface area contributed by atoms with E-state index in [0.717, 1.165) is 22.9 Å². The SMILES string of the molecule is CCOC(CNc1ccc(OC)cc1)(Nc1ccc(OC)cc1)Oc1ccccc1. The highest BCUT2D eigenvalue weighted by Gasteiger charge is 2.34. The predicted molar refractivity (Wildman–Crippen MR) is 120 cm³/mol. The van der Waals surface area contributed by atoms with Crippen LogP contribution in [0.25, 0.3) is 0 Å². The lowest BCUT2D eigenvalue weighted by Crippen LogP contribution is -2.52. The molecule has 0 aliphatic carbocycles. The smallest absolute Gasteiger partial charge is 0.310 e. The number of hydrogen-bond acceptors (Lipinski definition) is 6. The molecule has 3 aromatic carbocycles. The molecule has 0 heterocycles. The fourth-order valence-corrected chi connectivity index (χ4v) is 2.96. The second-order valence-corrected chi connectivity index (χ2v) is 6.54. The molecule has 158 valence electrons. The molecule has 6 nitrogen and oxygen atoms in total. The number of methoxy groups -OCH3 is 2. The Morgan fingerprint density at radius 3 is 1.80 bits per heavy atom. The molecule has 0 aliphatic rings. The van der Waals surface area contributed by atoms with E-state index >= 15 is 0 Å². The molecule has 0 fully saturated rings. The summed E-state index contributed by atoms with van der Waals surface area (Å²) in [5.41, 5.74) is 1.77. The van der Waals surface area contributed by atoms with E-state index in [2.05, 4.69) is 10.6 Å². The standard InChI is InChI=1S/C24H28N2O4/c1-4-29-24(30-23-8-6-5-7-9-23,26-20-12-16-22(28-3)17-13-20)18-25-19-10-14-21(27-2)15-11-19/h5-17,25-26H,4,18H2,1-3H3. The van der Waals surface area contributed by atoms with Crippen LogP contribution in [0.2, 0.25) is 0 Å². The molecule has 2 N–H and O–H groups in total. The van der Waals surface area contributed by atoms with Gasteiger partial charge in [-0.1, -0.05) is 18.2 Å². The Labute approximate surface area is 177 Å². The van der Waals surface area contributed by atoms with Crippen molar-refractivity contribution in [2.75, 3.05) is 38.0 Å². The lowest BCUT2D eigenvalue weighted by atomic mass is 10.2. The van der Waals surface area contributed by atoms with Crippen LogP contribution in [0.15, 0.2) is 78.9 Å². The van der Waals surface area contributed by atoms with Gasteiger partial charge in [0, 0.05) is 11.4 Å². The van der Waals surface area contributed by atoms with Crippen LogP contribution in [0.5, 0.6) is 17.2 Å². The molecule has 0 saturated heterocycles. The molecule has 0 radical (unpaired) electrons. The van der Waals surface area contributed by atoms with Gasteiger partial charge >= 0.3 is 5.91 Å². The van der Waals surface area contributed by atoms with Crippen molar-refractivity contribution in [2.45, 2.75) is 12.8 Å². The van der Waals surface area contributed by atoms with Gasteiger partial charge in [-0.15, -0.1) is 0 Å². The molecular formula is C24H28N2O4. The van der Waals surface area contributed by atoms with Gasteiger partial charge in [-0.05, 0) is 67.6 Å². The van der Waals surface area contributed by atoms with Gasteiger partial charge in [0.15, 0.2) is 0 Å². The Kier molecular flexibility index (Phi) is 7.40. The molecule has 1 atom stereocenters. The Morgan fingerprint density at radius 2 is 1.27 bits per heavy atom. The zero-order valence-corrected chi connectivity index (χ0v) is 17.6. The van der Waals surface area contributed by atoms with Gasteiger partial charge in [-0.25, -0.2) is 0 Å². The number of anilines is 2. The number of para-hydroxylation sites is 1. The molecule has 0 aromatic heterocycles. The van der Waals surface area contributed by atoms with Gasteiger partial charge in [0.25, 0.3) is 0 Å². The van der Waals surface area contributed by atoms with E-state index in [1.165, 1.54) is 0 Å². The zero-order chi connectivity index (χ0) is 21.2. The molecule has 0 bridgehead atoms. The molecule has 3 rings (SSSR count). The van der Waals surface area contributed by atoms with E-state index < -0.39 is 5.91 Å². The minimum Gasteiger partial charge on any atom is -0.497 e. The number of rotatable bonds is 11. The molecule has 0 amide bonds. The Morgan fingerprint density at radius 1 is 0.700 bits per heavy atom. The van der Waals surface area contributed by atoms with Gasteiger partial charge in [-0.3, -0.25) is 0 Å². The van der Waals surface area contributed by atoms with Crippen molar-refractivity contribution >= 4 is 11.4 Å². The van der Waals surface area contributed by atoms with E-state index in [4.69, 9.17) is 18.9 Å². The molecule has 3 aromatic rings. The molecule has 6 heteroatoms. The van der Waals surface area contributed by atoms with Gasteiger partial charge in [0.1, 0.15) is 23.8 Å². The van der Waals surface area contributed by atoms with Crippen LogP contribution in [0.1, 0.15) is 6.92 Å². The van der Waals surface area contributed by atoms with E-state index in [-0.39, 0.29) is 0 Å². The van der Waals surface area contributed by atoms with Crippen LogP contribution in [0.3, 0.4) is 0 Å². The normalized spacial score (nSPS) is 12.5. The Hall–Kier alpha value is -3.38. The number of hydrogen-bond donors (Lipinski definition) is 2. The van der Waals surface area contributed by atoms with E-state index in [9.17, 15) is 0 Å². The quantitative estimate of drug-likeness (QED) is 0.436. The topological polar surface area (TPSA) is 61.0 Å². The third-order valence-electron chi connectivity index (χ3n) is 4.44. The first kappa shape index (κ1) is 21.3. The molecule has 0 aliphatic heterocycles. The molecule has 30 heavy (non-hydrogen) atoms. The zero-order valence-electron chi connectivity index (χ0n) is 17.6. The summed E-state index contributed by atoms with van der Waals surface area (Å²) in [6.45, 7) is 2.75. The van der Waals surface area contributed by atoms with Gasteiger partial charge < -0.3 is 29.6 Å². The van der Waals surface area contributed by atoms with E-state index in [1.807, 2.05) is 85.8 Å². The molecule has 1 unspecified atom stereocenters. The first-order valence-corrected chi connectivity index (χ1v) is 9.84. The van der Waals surface area contributed by atoms with Crippen molar-refractivity contribution in [1.82, 2.24) is 0 Å². The number of ether oxygens (including phenoxy) is 4. The van der Waals surface area contributed by atoms with Crippen LogP contribution in [0.4, 0.5) is 11.4 Å². The first-order valence-electron chi connectivity index (χ1n) is 9.84. The second kappa shape index (κ2) is 10.4. The van der Waals surface area contributed by atoms with E-state index in [0.29, 0.717) is 18.9 Å². The van der Waals surface area contributed by atoms with Crippen LogP contribution >= 0.6 is 0 Å². The fraction of sp³-hybridized carbons (Fsp3) is 0.250. The summed E-state index contributed by atoms with van der Waals surface area (Å²) < 4.78 is 22.9. The number of benzene rings is 3. The third kappa shape index (κ3) is 5.81. The lowest BCUT2D eigenvalue weighted by molar-refractivity contribution is -0.148. The maximum absolute atomic E-state index is 6.32. The van der Waals surface area contributed by atoms with Crippen LogP contribution in [-0.2, 0) is 4.74 Å². The van der Waals surface area contributed by atoms with E-state index in [1.54, 1.807) is 14.2 Å². The fourth-order valence-electron chi connectivity index (χ4n) is 2.96. The highest BCUT2D eigenvalue weighted by molar-refractivity contribution is 5.50. The molecule has 0 spiro atoms. The largest absolute Gasteiger partial charge is 0.497 e.